The van der Waals surface area contributed by atoms with E-state index in [2.05, 4.69) is 24.2 Å². The van der Waals surface area contributed by atoms with Crippen molar-refractivity contribution >= 4 is 5.91 Å². The van der Waals surface area contributed by atoms with Crippen molar-refractivity contribution in [1.29, 1.82) is 0 Å². The second-order valence-corrected chi connectivity index (χ2v) is 4.47. The van der Waals surface area contributed by atoms with Gasteiger partial charge in [-0.1, -0.05) is 0 Å². The fourth-order valence-electron chi connectivity index (χ4n) is 1.87. The molecule has 1 aliphatic rings. The van der Waals surface area contributed by atoms with Crippen molar-refractivity contribution < 1.29 is 4.79 Å². The van der Waals surface area contributed by atoms with Crippen LogP contribution in [0.1, 0.15) is 19.8 Å². The minimum absolute atomic E-state index is 0.441. The fraction of sp³-hybridized carbons (Fsp3) is 0.900. The minimum atomic E-state index is -0.569. The van der Waals surface area contributed by atoms with Gasteiger partial charge in [-0.25, -0.2) is 0 Å². The number of amides is 1. The van der Waals surface area contributed by atoms with Crippen molar-refractivity contribution in [3.05, 3.63) is 0 Å². The summed E-state index contributed by atoms with van der Waals surface area (Å²) in [4.78, 5) is 13.1. The number of nitrogens with zero attached hydrogens (tertiary/aromatic N) is 1. The fourth-order valence-corrected chi connectivity index (χ4v) is 1.87. The van der Waals surface area contributed by atoms with E-state index in [1.54, 1.807) is 0 Å². The molecule has 5 N–H and O–H groups in total. The quantitative estimate of drug-likeness (QED) is 0.553. The average Bonchev–Trinajstić information content (AvgIpc) is 2.19. The average molecular weight is 214 g/mol. The van der Waals surface area contributed by atoms with Gasteiger partial charge in [-0.15, -0.1) is 0 Å². The van der Waals surface area contributed by atoms with Crippen molar-refractivity contribution in [1.82, 2.24) is 10.2 Å². The molecule has 0 aromatic rings. The lowest BCUT2D eigenvalue weighted by molar-refractivity contribution is -0.119. The molecular formula is C10H22N4O. The highest BCUT2D eigenvalue weighted by molar-refractivity contribution is 5.79. The van der Waals surface area contributed by atoms with Crippen LogP contribution < -0.4 is 16.8 Å². The molecule has 1 rings (SSSR count). The van der Waals surface area contributed by atoms with Gasteiger partial charge >= 0.3 is 0 Å². The molecule has 0 saturated carbocycles. The molecule has 0 bridgehead atoms. The van der Waals surface area contributed by atoms with Crippen LogP contribution in [-0.4, -0.2) is 49.1 Å². The number of primary amides is 1. The van der Waals surface area contributed by atoms with Gasteiger partial charge in [0.25, 0.3) is 0 Å². The zero-order valence-corrected chi connectivity index (χ0v) is 9.57. The van der Waals surface area contributed by atoms with Crippen LogP contribution in [0.4, 0.5) is 0 Å². The van der Waals surface area contributed by atoms with E-state index in [0.717, 1.165) is 19.4 Å². The van der Waals surface area contributed by atoms with Crippen molar-refractivity contribution in [2.75, 3.05) is 20.1 Å². The third-order valence-electron chi connectivity index (χ3n) is 3.20. The maximum absolute atomic E-state index is 10.7. The van der Waals surface area contributed by atoms with Crippen LogP contribution in [0.2, 0.25) is 0 Å². The van der Waals surface area contributed by atoms with E-state index in [1.807, 2.05) is 0 Å². The molecule has 1 saturated heterocycles. The van der Waals surface area contributed by atoms with E-state index >= 15 is 0 Å². The summed E-state index contributed by atoms with van der Waals surface area (Å²) in [6.07, 6.45) is 2.20. The van der Waals surface area contributed by atoms with E-state index in [1.165, 1.54) is 0 Å². The van der Waals surface area contributed by atoms with E-state index in [-0.39, 0.29) is 0 Å². The van der Waals surface area contributed by atoms with Gasteiger partial charge in [0.1, 0.15) is 0 Å². The number of likely N-dealkylation sites (tertiary alicyclic amines) is 1. The van der Waals surface area contributed by atoms with Crippen molar-refractivity contribution in [3.63, 3.8) is 0 Å². The molecule has 5 heteroatoms. The molecule has 15 heavy (non-hydrogen) atoms. The lowest BCUT2D eigenvalue weighted by Crippen LogP contribution is -2.51. The molecule has 3 unspecified atom stereocenters. The molecule has 5 nitrogen and oxygen atoms in total. The first kappa shape index (κ1) is 12.4. The number of nitrogens with two attached hydrogens (primary N) is 2. The minimum Gasteiger partial charge on any atom is -0.368 e. The summed E-state index contributed by atoms with van der Waals surface area (Å²) >= 11 is 0. The van der Waals surface area contributed by atoms with Gasteiger partial charge < -0.3 is 21.7 Å². The Bertz CT molecular complexity index is 221. The first-order valence-electron chi connectivity index (χ1n) is 5.49. The summed E-state index contributed by atoms with van der Waals surface area (Å²) in [5.41, 5.74) is 10.6. The largest absolute Gasteiger partial charge is 0.368 e. The summed E-state index contributed by atoms with van der Waals surface area (Å²) in [6.45, 7) is 3.78. The lowest BCUT2D eigenvalue weighted by atomic mass is 9.99. The number of hydrogen-bond donors (Lipinski definition) is 3. The Kier molecular flexibility index (Phi) is 4.50. The monoisotopic (exact) mass is 214 g/mol. The van der Waals surface area contributed by atoms with Crippen LogP contribution in [0.5, 0.6) is 0 Å². The number of piperidine rings is 1. The van der Waals surface area contributed by atoms with E-state index in [0.29, 0.717) is 18.6 Å². The summed E-state index contributed by atoms with van der Waals surface area (Å²) in [5.74, 6) is -0.441. The van der Waals surface area contributed by atoms with Gasteiger partial charge in [0.05, 0.1) is 6.04 Å². The zero-order chi connectivity index (χ0) is 11.4. The molecule has 0 aliphatic carbocycles. The van der Waals surface area contributed by atoms with E-state index < -0.39 is 11.9 Å². The SMILES string of the molecule is CC1CC(NCC(N)C(N)=O)CCN1C. The first-order chi connectivity index (χ1) is 7.00. The van der Waals surface area contributed by atoms with Gasteiger partial charge in [-0.05, 0) is 33.4 Å². The van der Waals surface area contributed by atoms with Crippen LogP contribution in [0.25, 0.3) is 0 Å². The highest BCUT2D eigenvalue weighted by Gasteiger charge is 2.23. The van der Waals surface area contributed by atoms with Gasteiger partial charge in [-0.3, -0.25) is 4.79 Å². The molecule has 0 radical (unpaired) electrons. The Labute approximate surface area is 91.2 Å². The van der Waals surface area contributed by atoms with Gasteiger partial charge in [-0.2, -0.15) is 0 Å². The van der Waals surface area contributed by atoms with Crippen LogP contribution in [-0.2, 0) is 4.79 Å². The Morgan fingerprint density at radius 1 is 1.67 bits per heavy atom. The normalized spacial score (nSPS) is 30.1. The molecule has 0 aromatic carbocycles. The second-order valence-electron chi connectivity index (χ2n) is 4.47. The predicted octanol–water partition coefficient (Wildman–Crippen LogP) is -1.13. The number of carbonyl (C=O) groups is 1. The predicted molar refractivity (Wildman–Crippen MR) is 60.3 cm³/mol. The maximum Gasteiger partial charge on any atom is 0.235 e. The van der Waals surface area contributed by atoms with Crippen molar-refractivity contribution in [3.8, 4) is 0 Å². The Morgan fingerprint density at radius 3 is 2.87 bits per heavy atom. The molecule has 0 aromatic heterocycles. The topological polar surface area (TPSA) is 84.4 Å². The highest BCUT2D eigenvalue weighted by atomic mass is 16.1. The Hall–Kier alpha value is -0.650. The molecule has 1 amide bonds. The smallest absolute Gasteiger partial charge is 0.235 e. The summed E-state index contributed by atoms with van der Waals surface area (Å²) in [6, 6.07) is 0.475. The summed E-state index contributed by atoms with van der Waals surface area (Å²) < 4.78 is 0. The Balaban J connectivity index is 2.25. The number of carbonyl (C=O) groups excluding carboxylic acids is 1. The lowest BCUT2D eigenvalue weighted by Gasteiger charge is -2.35. The van der Waals surface area contributed by atoms with Crippen LogP contribution >= 0.6 is 0 Å². The van der Waals surface area contributed by atoms with Gasteiger partial charge in [0.2, 0.25) is 5.91 Å². The van der Waals surface area contributed by atoms with Crippen LogP contribution in [0, 0.1) is 0 Å². The van der Waals surface area contributed by atoms with Crippen molar-refractivity contribution in [2.24, 2.45) is 11.5 Å². The van der Waals surface area contributed by atoms with Crippen molar-refractivity contribution in [2.45, 2.75) is 37.9 Å². The number of hydrogen-bond acceptors (Lipinski definition) is 4. The molecular weight excluding hydrogens is 192 g/mol. The second kappa shape index (κ2) is 5.44. The standard InChI is InChI=1S/C10H22N4O/c1-7-5-8(3-4-14(7)2)13-6-9(11)10(12)15/h7-9,13H,3-6,11H2,1-2H3,(H2,12,15). The van der Waals surface area contributed by atoms with Crippen LogP contribution in [0.15, 0.2) is 0 Å². The molecule has 3 atom stereocenters. The number of rotatable bonds is 4. The molecule has 1 heterocycles. The van der Waals surface area contributed by atoms with Gasteiger partial charge in [0.15, 0.2) is 0 Å². The zero-order valence-electron chi connectivity index (χ0n) is 9.57. The maximum atomic E-state index is 10.7. The molecule has 0 spiro atoms. The van der Waals surface area contributed by atoms with E-state index in [9.17, 15) is 4.79 Å². The third kappa shape index (κ3) is 3.77. The van der Waals surface area contributed by atoms with Crippen LogP contribution in [0.3, 0.4) is 0 Å². The molecule has 1 aliphatic heterocycles. The molecule has 1 fully saturated rings. The number of nitrogens with one attached hydrogen (secondary N) is 1. The highest BCUT2D eigenvalue weighted by Crippen LogP contribution is 2.14. The summed E-state index contributed by atoms with van der Waals surface area (Å²) in [5, 5.41) is 3.30. The Morgan fingerprint density at radius 2 is 2.33 bits per heavy atom. The van der Waals surface area contributed by atoms with E-state index in [4.69, 9.17) is 11.5 Å². The summed E-state index contributed by atoms with van der Waals surface area (Å²) in [7, 11) is 2.13. The molecule has 88 valence electrons. The third-order valence-corrected chi connectivity index (χ3v) is 3.20. The van der Waals surface area contributed by atoms with Gasteiger partial charge in [0, 0.05) is 18.6 Å². The first-order valence-corrected chi connectivity index (χ1v) is 5.49.